The van der Waals surface area contributed by atoms with Gasteiger partial charge in [0.05, 0.1) is 6.42 Å². The normalized spacial score (nSPS) is 14.0. The van der Waals surface area contributed by atoms with Gasteiger partial charge >= 0.3 is 0 Å². The number of hydrogen-bond acceptors (Lipinski definition) is 3. The number of carbonyl (C=O) groups is 1. The molecular formula is C12H18N2O2S. The van der Waals surface area contributed by atoms with Crippen LogP contribution >= 0.6 is 0 Å². The minimum absolute atomic E-state index is 0.0228. The van der Waals surface area contributed by atoms with E-state index in [0.29, 0.717) is 18.7 Å². The minimum Gasteiger partial charge on any atom is -0.399 e. The number of anilines is 1. The molecule has 2 unspecified atom stereocenters. The molecule has 1 aromatic carbocycles. The molecule has 0 heterocycles. The lowest BCUT2D eigenvalue weighted by atomic mass is 10.1. The van der Waals surface area contributed by atoms with Crippen molar-refractivity contribution in [3.05, 3.63) is 29.8 Å². The number of nitrogens with one attached hydrogen (secondary N) is 1. The summed E-state index contributed by atoms with van der Waals surface area (Å²) in [6.45, 7) is 2.29. The zero-order valence-corrected chi connectivity index (χ0v) is 10.9. The molecule has 4 nitrogen and oxygen atoms in total. The first-order chi connectivity index (χ1) is 7.99. The van der Waals surface area contributed by atoms with Crippen LogP contribution in [-0.4, -0.2) is 28.2 Å². The average Bonchev–Trinajstić information content (AvgIpc) is 2.29. The van der Waals surface area contributed by atoms with Crippen LogP contribution in [0, 0.1) is 0 Å². The third kappa shape index (κ3) is 4.99. The second-order valence-corrected chi connectivity index (χ2v) is 5.83. The maximum Gasteiger partial charge on any atom is 0.224 e. The second-order valence-electron chi connectivity index (χ2n) is 4.03. The van der Waals surface area contributed by atoms with Crippen molar-refractivity contribution in [2.45, 2.75) is 18.6 Å². The molecule has 1 amide bonds. The van der Waals surface area contributed by atoms with Gasteiger partial charge in [-0.3, -0.25) is 9.00 Å². The molecule has 0 saturated heterocycles. The van der Waals surface area contributed by atoms with Gasteiger partial charge in [-0.15, -0.1) is 0 Å². The monoisotopic (exact) mass is 254 g/mol. The predicted molar refractivity (Wildman–Crippen MR) is 71.1 cm³/mol. The van der Waals surface area contributed by atoms with Gasteiger partial charge in [-0.2, -0.15) is 0 Å². The van der Waals surface area contributed by atoms with Crippen LogP contribution in [0.15, 0.2) is 24.3 Å². The van der Waals surface area contributed by atoms with E-state index < -0.39 is 10.8 Å². The lowest BCUT2D eigenvalue weighted by Gasteiger charge is -2.10. The molecule has 0 bridgehead atoms. The van der Waals surface area contributed by atoms with Crippen LogP contribution < -0.4 is 11.1 Å². The van der Waals surface area contributed by atoms with Crippen LogP contribution in [-0.2, 0) is 22.0 Å². The Morgan fingerprint density at radius 2 is 2.00 bits per heavy atom. The molecule has 0 aliphatic carbocycles. The fraction of sp³-hybridized carbons (Fsp3) is 0.417. The highest BCUT2D eigenvalue weighted by molar-refractivity contribution is 7.84. The number of benzene rings is 1. The third-order valence-corrected chi connectivity index (χ3v) is 3.80. The van der Waals surface area contributed by atoms with Gasteiger partial charge < -0.3 is 11.1 Å². The van der Waals surface area contributed by atoms with Gasteiger partial charge in [0.15, 0.2) is 0 Å². The van der Waals surface area contributed by atoms with Crippen LogP contribution in [0.3, 0.4) is 0 Å². The third-order valence-electron chi connectivity index (χ3n) is 2.50. The number of nitrogens with two attached hydrogens (primary N) is 1. The summed E-state index contributed by atoms with van der Waals surface area (Å²) >= 11 is 0. The van der Waals surface area contributed by atoms with Gasteiger partial charge in [0.1, 0.15) is 0 Å². The molecule has 0 fully saturated rings. The summed E-state index contributed by atoms with van der Waals surface area (Å²) < 4.78 is 11.1. The molecule has 5 heteroatoms. The lowest BCUT2D eigenvalue weighted by Crippen LogP contribution is -2.33. The second kappa shape index (κ2) is 6.39. The average molecular weight is 254 g/mol. The number of amides is 1. The molecule has 1 rings (SSSR count). The predicted octanol–water partition coefficient (Wildman–Crippen LogP) is 0.694. The lowest BCUT2D eigenvalue weighted by molar-refractivity contribution is -0.120. The van der Waals surface area contributed by atoms with E-state index in [9.17, 15) is 9.00 Å². The highest BCUT2D eigenvalue weighted by atomic mass is 32.2. The smallest absolute Gasteiger partial charge is 0.224 e. The first-order valence-electron chi connectivity index (χ1n) is 5.42. The standard InChI is InChI=1S/C12H18N2O2S/c1-9(17(2)16)8-14-12(15)7-10-3-5-11(13)6-4-10/h3-6,9H,7-8,13H2,1-2H3,(H,14,15). The number of nitrogen functional groups attached to an aromatic ring is 1. The molecule has 0 aliphatic rings. The molecule has 2 atom stereocenters. The first kappa shape index (κ1) is 13.7. The van der Waals surface area contributed by atoms with Gasteiger partial charge in [0.2, 0.25) is 5.91 Å². The van der Waals surface area contributed by atoms with Crippen molar-refractivity contribution in [2.75, 3.05) is 18.5 Å². The number of carbonyl (C=O) groups excluding carboxylic acids is 1. The van der Waals surface area contributed by atoms with Crippen molar-refractivity contribution in [3.63, 3.8) is 0 Å². The summed E-state index contributed by atoms with van der Waals surface area (Å²) in [5.74, 6) is -0.0629. The van der Waals surface area contributed by atoms with E-state index >= 15 is 0 Å². The Balaban J connectivity index is 2.39. The molecule has 1 aromatic rings. The molecular weight excluding hydrogens is 236 g/mol. The quantitative estimate of drug-likeness (QED) is 0.760. The van der Waals surface area contributed by atoms with Crippen LogP contribution in [0.1, 0.15) is 12.5 Å². The molecule has 94 valence electrons. The molecule has 0 aromatic heterocycles. The van der Waals surface area contributed by atoms with Crippen molar-refractivity contribution in [3.8, 4) is 0 Å². The largest absolute Gasteiger partial charge is 0.399 e. The number of hydrogen-bond donors (Lipinski definition) is 2. The number of rotatable bonds is 5. The van der Waals surface area contributed by atoms with Crippen molar-refractivity contribution >= 4 is 22.4 Å². The summed E-state index contributed by atoms with van der Waals surface area (Å²) in [5.41, 5.74) is 7.16. The molecule has 0 saturated carbocycles. The Labute approximate surface area is 104 Å². The maximum atomic E-state index is 11.6. The summed E-state index contributed by atoms with van der Waals surface area (Å²) in [6.07, 6.45) is 1.96. The Hall–Kier alpha value is -1.36. The fourth-order valence-electron chi connectivity index (χ4n) is 1.26. The molecule has 0 radical (unpaired) electrons. The minimum atomic E-state index is -0.908. The van der Waals surface area contributed by atoms with E-state index in [4.69, 9.17) is 5.73 Å². The van der Waals surface area contributed by atoms with Crippen molar-refractivity contribution in [1.82, 2.24) is 5.32 Å². The SMILES string of the molecule is CC(CNC(=O)Cc1ccc(N)cc1)S(C)=O. The van der Waals surface area contributed by atoms with E-state index in [1.807, 2.05) is 19.1 Å². The van der Waals surface area contributed by atoms with Crippen LogP contribution in [0.2, 0.25) is 0 Å². The molecule has 3 N–H and O–H groups in total. The van der Waals surface area contributed by atoms with Crippen LogP contribution in [0.5, 0.6) is 0 Å². The highest BCUT2D eigenvalue weighted by Gasteiger charge is 2.08. The van der Waals surface area contributed by atoms with Gasteiger partial charge in [0, 0.05) is 34.5 Å². The topological polar surface area (TPSA) is 72.2 Å². The summed E-state index contributed by atoms with van der Waals surface area (Å²) in [4.78, 5) is 11.6. The van der Waals surface area contributed by atoms with Gasteiger partial charge in [0.25, 0.3) is 0 Å². The van der Waals surface area contributed by atoms with E-state index in [2.05, 4.69) is 5.32 Å². The van der Waals surface area contributed by atoms with Crippen molar-refractivity contribution in [1.29, 1.82) is 0 Å². The molecule has 17 heavy (non-hydrogen) atoms. The van der Waals surface area contributed by atoms with E-state index in [0.717, 1.165) is 5.56 Å². The summed E-state index contributed by atoms with van der Waals surface area (Å²) in [7, 11) is -0.908. The molecule has 0 spiro atoms. The zero-order chi connectivity index (χ0) is 12.8. The van der Waals surface area contributed by atoms with Gasteiger partial charge in [-0.1, -0.05) is 12.1 Å². The zero-order valence-electron chi connectivity index (χ0n) is 10.1. The highest BCUT2D eigenvalue weighted by Crippen LogP contribution is 2.05. The van der Waals surface area contributed by atoms with Gasteiger partial charge in [-0.25, -0.2) is 0 Å². The summed E-state index contributed by atoms with van der Waals surface area (Å²) in [5, 5.41) is 2.74. The van der Waals surface area contributed by atoms with E-state index in [1.54, 1.807) is 18.4 Å². The molecule has 0 aliphatic heterocycles. The van der Waals surface area contributed by atoms with Crippen LogP contribution in [0.25, 0.3) is 0 Å². The Bertz CT molecular complexity index is 403. The van der Waals surface area contributed by atoms with E-state index in [-0.39, 0.29) is 11.2 Å². The van der Waals surface area contributed by atoms with Crippen LogP contribution in [0.4, 0.5) is 5.69 Å². The Kier molecular flexibility index (Phi) is 5.15. The summed E-state index contributed by atoms with van der Waals surface area (Å²) in [6, 6.07) is 7.20. The van der Waals surface area contributed by atoms with Crippen molar-refractivity contribution < 1.29 is 9.00 Å². The van der Waals surface area contributed by atoms with Gasteiger partial charge in [-0.05, 0) is 24.6 Å². The van der Waals surface area contributed by atoms with Crippen molar-refractivity contribution in [2.24, 2.45) is 0 Å². The maximum absolute atomic E-state index is 11.6. The Morgan fingerprint density at radius 3 is 2.53 bits per heavy atom. The fourth-order valence-corrected chi connectivity index (χ4v) is 1.58. The Morgan fingerprint density at radius 1 is 1.41 bits per heavy atom. The first-order valence-corrected chi connectivity index (χ1v) is 7.04. The van der Waals surface area contributed by atoms with E-state index in [1.165, 1.54) is 0 Å².